The third-order valence-corrected chi connectivity index (χ3v) is 5.61. The molecule has 0 radical (unpaired) electrons. The summed E-state index contributed by atoms with van der Waals surface area (Å²) in [5.74, 6) is 0.0664. The van der Waals surface area contributed by atoms with Gasteiger partial charge in [0.15, 0.2) is 0 Å². The molecule has 0 bridgehead atoms. The van der Waals surface area contributed by atoms with Crippen molar-refractivity contribution in [3.63, 3.8) is 0 Å². The number of fused-ring (bicyclic) bond motifs is 3. The van der Waals surface area contributed by atoms with Crippen LogP contribution in [0.25, 0.3) is 0 Å². The van der Waals surface area contributed by atoms with Crippen molar-refractivity contribution in [1.29, 1.82) is 0 Å². The number of esters is 1. The molecule has 2 aromatic rings. The largest absolute Gasteiger partial charge is 0.465 e. The predicted octanol–water partition coefficient (Wildman–Crippen LogP) is 4.87. The van der Waals surface area contributed by atoms with Gasteiger partial charge < -0.3 is 14.8 Å². The number of methoxy groups -OCH3 is 1. The Hall–Kier alpha value is -1.85. The summed E-state index contributed by atoms with van der Waals surface area (Å²) < 4.78 is 12.0. The number of anilines is 1. The Bertz CT molecular complexity index is 790. The minimum Gasteiger partial charge on any atom is -0.465 e. The molecule has 5 heteroatoms. The van der Waals surface area contributed by atoms with E-state index in [4.69, 9.17) is 9.47 Å². The van der Waals surface area contributed by atoms with Crippen LogP contribution in [0, 0.1) is 5.92 Å². The highest BCUT2D eigenvalue weighted by atomic mass is 79.9. The summed E-state index contributed by atoms with van der Waals surface area (Å²) in [4.78, 5) is 11.7. The van der Waals surface area contributed by atoms with Crippen LogP contribution in [0.2, 0.25) is 0 Å². The Labute approximate surface area is 155 Å². The Morgan fingerprint density at radius 2 is 2.04 bits per heavy atom. The lowest BCUT2D eigenvalue weighted by atomic mass is 9.77. The van der Waals surface area contributed by atoms with Crippen molar-refractivity contribution in [1.82, 2.24) is 0 Å². The van der Waals surface area contributed by atoms with Crippen molar-refractivity contribution in [3.05, 3.63) is 63.6 Å². The van der Waals surface area contributed by atoms with E-state index in [2.05, 4.69) is 33.4 Å². The minimum absolute atomic E-state index is 0.104. The van der Waals surface area contributed by atoms with Gasteiger partial charge >= 0.3 is 5.97 Å². The number of carbonyl (C=O) groups excluding carboxylic acids is 1. The highest BCUT2D eigenvalue weighted by Gasteiger charge is 2.39. The highest BCUT2D eigenvalue weighted by molar-refractivity contribution is 9.10. The number of halogens is 1. The summed E-state index contributed by atoms with van der Waals surface area (Å²) in [5, 5.41) is 3.69. The van der Waals surface area contributed by atoms with Gasteiger partial charge in [0.25, 0.3) is 0 Å². The van der Waals surface area contributed by atoms with Crippen LogP contribution < -0.4 is 5.32 Å². The van der Waals surface area contributed by atoms with Gasteiger partial charge in [-0.25, -0.2) is 4.79 Å². The lowest BCUT2D eigenvalue weighted by Gasteiger charge is -2.43. The third-order valence-electron chi connectivity index (χ3n) is 5.12. The third kappa shape index (κ3) is 3.07. The number of rotatable bonds is 2. The van der Waals surface area contributed by atoms with Crippen molar-refractivity contribution in [3.8, 4) is 0 Å². The molecule has 2 aliphatic heterocycles. The first-order valence-electron chi connectivity index (χ1n) is 8.53. The fourth-order valence-corrected chi connectivity index (χ4v) is 4.29. The Balaban J connectivity index is 1.69. The number of benzene rings is 2. The van der Waals surface area contributed by atoms with Crippen LogP contribution in [0.3, 0.4) is 0 Å². The van der Waals surface area contributed by atoms with E-state index in [1.54, 1.807) is 0 Å². The van der Waals surface area contributed by atoms with Crippen LogP contribution in [0.5, 0.6) is 0 Å². The van der Waals surface area contributed by atoms with Crippen LogP contribution in [-0.2, 0) is 9.47 Å². The van der Waals surface area contributed by atoms with Gasteiger partial charge in [-0.2, -0.15) is 0 Å². The average Bonchev–Trinajstić information content (AvgIpc) is 2.67. The first kappa shape index (κ1) is 16.6. The minimum atomic E-state index is -0.308. The van der Waals surface area contributed by atoms with E-state index in [-0.39, 0.29) is 18.1 Å². The first-order valence-corrected chi connectivity index (χ1v) is 9.32. The first-order chi connectivity index (χ1) is 12.2. The summed E-state index contributed by atoms with van der Waals surface area (Å²) in [5.41, 5.74) is 4.08. The molecular formula is C20H20BrNO3. The van der Waals surface area contributed by atoms with E-state index >= 15 is 0 Å². The molecule has 0 saturated carbocycles. The molecule has 4 rings (SSSR count). The van der Waals surface area contributed by atoms with Gasteiger partial charge in [-0.3, -0.25) is 0 Å². The summed E-state index contributed by atoms with van der Waals surface area (Å²) in [6, 6.07) is 14.2. The van der Waals surface area contributed by atoms with E-state index in [1.807, 2.05) is 30.3 Å². The maximum atomic E-state index is 11.7. The fraction of sp³-hybridized carbons (Fsp3) is 0.350. The van der Waals surface area contributed by atoms with Gasteiger partial charge in [0.1, 0.15) is 0 Å². The van der Waals surface area contributed by atoms with Gasteiger partial charge in [-0.15, -0.1) is 0 Å². The summed E-state index contributed by atoms with van der Waals surface area (Å²) in [6.45, 7) is 0.807. The van der Waals surface area contributed by atoms with Crippen molar-refractivity contribution < 1.29 is 14.3 Å². The Morgan fingerprint density at radius 1 is 1.24 bits per heavy atom. The Kier molecular flexibility index (Phi) is 4.52. The predicted molar refractivity (Wildman–Crippen MR) is 99.7 cm³/mol. The zero-order valence-corrected chi connectivity index (χ0v) is 15.6. The van der Waals surface area contributed by atoms with E-state index in [1.165, 1.54) is 18.2 Å². The normalized spacial score (nSPS) is 24.6. The SMILES string of the molecule is COC(=O)c1ccc([C@H]2Nc3ccc(Br)cc3[C@H]3OCCC[C@@H]23)cc1. The zero-order chi connectivity index (χ0) is 17.4. The van der Waals surface area contributed by atoms with Crippen LogP contribution in [0.4, 0.5) is 5.69 Å². The standard InChI is InChI=1S/C20H20BrNO3/c1-24-20(23)13-6-4-12(5-7-13)18-15-3-2-10-25-19(15)16-11-14(21)8-9-17(16)22-18/h4-9,11,15,18-19,22H,2-3,10H2,1H3/t15-,18+,19-/m0/s1. The number of hydrogen-bond acceptors (Lipinski definition) is 4. The molecule has 2 heterocycles. The van der Waals surface area contributed by atoms with Crippen LogP contribution in [0.1, 0.15) is 46.5 Å². The smallest absolute Gasteiger partial charge is 0.337 e. The van der Waals surface area contributed by atoms with Crippen LogP contribution >= 0.6 is 15.9 Å². The van der Waals surface area contributed by atoms with Crippen molar-refractivity contribution in [2.24, 2.45) is 5.92 Å². The second-order valence-corrected chi connectivity index (χ2v) is 7.48. The van der Waals surface area contributed by atoms with Crippen LogP contribution in [0.15, 0.2) is 46.9 Å². The average molecular weight is 402 g/mol. The van der Waals surface area contributed by atoms with Crippen molar-refractivity contribution >= 4 is 27.6 Å². The second kappa shape index (κ2) is 6.81. The maximum Gasteiger partial charge on any atom is 0.337 e. The molecule has 0 unspecified atom stereocenters. The van der Waals surface area contributed by atoms with Gasteiger partial charge in [-0.1, -0.05) is 28.1 Å². The van der Waals surface area contributed by atoms with Crippen LogP contribution in [-0.4, -0.2) is 19.7 Å². The lowest BCUT2D eigenvalue weighted by molar-refractivity contribution is -0.0381. The molecule has 0 aromatic heterocycles. The molecule has 1 N–H and O–H groups in total. The molecule has 1 fully saturated rings. The molecule has 25 heavy (non-hydrogen) atoms. The zero-order valence-electron chi connectivity index (χ0n) is 14.0. The number of ether oxygens (including phenoxy) is 2. The molecule has 4 nitrogen and oxygen atoms in total. The fourth-order valence-electron chi connectivity index (χ4n) is 3.92. The summed E-state index contributed by atoms with van der Waals surface area (Å²) >= 11 is 3.57. The number of nitrogens with one attached hydrogen (secondary N) is 1. The van der Waals surface area contributed by atoms with Gasteiger partial charge in [-0.05, 0) is 48.7 Å². The molecule has 0 aliphatic carbocycles. The molecule has 2 aromatic carbocycles. The monoisotopic (exact) mass is 401 g/mol. The van der Waals surface area contributed by atoms with Crippen molar-refractivity contribution in [2.45, 2.75) is 25.0 Å². The van der Waals surface area contributed by atoms with E-state index < -0.39 is 0 Å². The van der Waals surface area contributed by atoms with Gasteiger partial charge in [0.2, 0.25) is 0 Å². The molecule has 2 aliphatic rings. The lowest BCUT2D eigenvalue weighted by Crippen LogP contribution is -2.36. The van der Waals surface area contributed by atoms with Gasteiger partial charge in [0.05, 0.1) is 24.8 Å². The van der Waals surface area contributed by atoms with Gasteiger partial charge in [0, 0.05) is 28.2 Å². The molecule has 3 atom stereocenters. The molecular weight excluding hydrogens is 382 g/mol. The number of hydrogen-bond donors (Lipinski definition) is 1. The summed E-state index contributed by atoms with van der Waals surface area (Å²) in [6.07, 6.45) is 2.29. The molecule has 0 amide bonds. The number of carbonyl (C=O) groups is 1. The maximum absolute atomic E-state index is 11.7. The van der Waals surface area contributed by atoms with E-state index in [0.717, 1.165) is 29.6 Å². The second-order valence-electron chi connectivity index (χ2n) is 6.56. The molecule has 1 saturated heterocycles. The van der Waals surface area contributed by atoms with Crippen molar-refractivity contribution in [2.75, 3.05) is 19.0 Å². The molecule has 0 spiro atoms. The highest BCUT2D eigenvalue weighted by Crippen LogP contribution is 2.49. The van der Waals surface area contributed by atoms with E-state index in [9.17, 15) is 4.79 Å². The van der Waals surface area contributed by atoms with E-state index in [0.29, 0.717) is 11.5 Å². The molecule has 130 valence electrons. The Morgan fingerprint density at radius 3 is 2.80 bits per heavy atom. The topological polar surface area (TPSA) is 47.6 Å². The quantitative estimate of drug-likeness (QED) is 0.729. The summed E-state index contributed by atoms with van der Waals surface area (Å²) in [7, 11) is 1.40.